The van der Waals surface area contributed by atoms with Gasteiger partial charge in [0, 0.05) is 23.2 Å². The van der Waals surface area contributed by atoms with Gasteiger partial charge in [0.25, 0.3) is 5.91 Å². The summed E-state index contributed by atoms with van der Waals surface area (Å²) in [5.41, 5.74) is 4.99. The summed E-state index contributed by atoms with van der Waals surface area (Å²) in [6.07, 6.45) is 3.03. The molecular weight excluding hydrogens is 306 g/mol. The van der Waals surface area contributed by atoms with Gasteiger partial charge in [-0.15, -0.1) is 0 Å². The molecule has 2 aromatic rings. The van der Waals surface area contributed by atoms with E-state index in [-0.39, 0.29) is 5.91 Å². The van der Waals surface area contributed by atoms with Gasteiger partial charge in [0.15, 0.2) is 0 Å². The second kappa shape index (κ2) is 6.21. The van der Waals surface area contributed by atoms with Crippen molar-refractivity contribution in [3.63, 3.8) is 0 Å². The van der Waals surface area contributed by atoms with E-state index in [1.54, 1.807) is 4.90 Å². The Balaban J connectivity index is 2.09. The summed E-state index contributed by atoms with van der Waals surface area (Å²) in [5.74, 6) is 0.523. The van der Waals surface area contributed by atoms with Crippen LogP contribution < -0.4 is 4.90 Å². The van der Waals surface area contributed by atoms with Crippen LogP contribution in [0.25, 0.3) is 11.6 Å². The van der Waals surface area contributed by atoms with Crippen LogP contribution in [0.15, 0.2) is 42.5 Å². The van der Waals surface area contributed by atoms with E-state index < -0.39 is 0 Å². The summed E-state index contributed by atoms with van der Waals surface area (Å²) in [6, 6.07) is 13.9. The molecule has 3 heteroatoms. The molecule has 0 N–H and O–H groups in total. The highest BCUT2D eigenvalue weighted by molar-refractivity contribution is 6.35. The minimum atomic E-state index is 0.0382. The molecule has 0 fully saturated rings. The Bertz CT molecular complexity index is 777. The van der Waals surface area contributed by atoms with Gasteiger partial charge < -0.3 is 4.90 Å². The molecule has 118 valence electrons. The molecule has 1 unspecified atom stereocenters. The number of hydrogen-bond acceptors (Lipinski definition) is 1. The van der Waals surface area contributed by atoms with Gasteiger partial charge in [-0.05, 0) is 53.8 Å². The maximum Gasteiger partial charge on any atom is 0.258 e. The molecule has 0 aromatic heterocycles. The molecule has 2 nitrogen and oxygen atoms in total. The van der Waals surface area contributed by atoms with E-state index >= 15 is 0 Å². The van der Waals surface area contributed by atoms with Crippen LogP contribution in [0.3, 0.4) is 0 Å². The molecule has 23 heavy (non-hydrogen) atoms. The SMILES string of the molecule is CCC(C)c1ccc2c(c1)/C(=C/c1ccc(Cl)cc1)C(=O)N2C. The first-order chi connectivity index (χ1) is 11.0. The van der Waals surface area contributed by atoms with Crippen LogP contribution in [0.4, 0.5) is 5.69 Å². The molecule has 1 amide bonds. The minimum absolute atomic E-state index is 0.0382. The number of rotatable bonds is 3. The Labute approximate surface area is 142 Å². The van der Waals surface area contributed by atoms with Crippen molar-refractivity contribution in [1.29, 1.82) is 0 Å². The lowest BCUT2D eigenvalue weighted by Crippen LogP contribution is -2.20. The number of benzene rings is 2. The summed E-state index contributed by atoms with van der Waals surface area (Å²) < 4.78 is 0. The first-order valence-electron chi connectivity index (χ1n) is 7.91. The molecular formula is C20H20ClNO. The largest absolute Gasteiger partial charge is 0.311 e. The van der Waals surface area contributed by atoms with Crippen molar-refractivity contribution in [3.8, 4) is 0 Å². The predicted octanol–water partition coefficient (Wildman–Crippen LogP) is 5.37. The fraction of sp³-hybridized carbons (Fsp3) is 0.250. The van der Waals surface area contributed by atoms with Crippen LogP contribution in [-0.2, 0) is 4.79 Å². The van der Waals surface area contributed by atoms with E-state index in [1.807, 2.05) is 37.4 Å². The van der Waals surface area contributed by atoms with Crippen LogP contribution >= 0.6 is 11.6 Å². The van der Waals surface area contributed by atoms with E-state index in [2.05, 4.69) is 32.0 Å². The third-order valence-electron chi connectivity index (χ3n) is 4.57. The zero-order valence-electron chi connectivity index (χ0n) is 13.6. The van der Waals surface area contributed by atoms with Gasteiger partial charge in [-0.3, -0.25) is 4.79 Å². The molecule has 0 bridgehead atoms. The zero-order valence-corrected chi connectivity index (χ0v) is 14.4. The van der Waals surface area contributed by atoms with Crippen LogP contribution in [0.5, 0.6) is 0 Å². The fourth-order valence-electron chi connectivity index (χ4n) is 2.87. The number of fused-ring (bicyclic) bond motifs is 1. The first kappa shape index (κ1) is 15.8. The fourth-order valence-corrected chi connectivity index (χ4v) is 3.00. The van der Waals surface area contributed by atoms with Crippen LogP contribution in [0, 0.1) is 0 Å². The summed E-state index contributed by atoms with van der Waals surface area (Å²) in [6.45, 7) is 4.39. The number of nitrogens with zero attached hydrogens (tertiary/aromatic N) is 1. The van der Waals surface area contributed by atoms with E-state index in [0.29, 0.717) is 10.9 Å². The third kappa shape index (κ3) is 2.91. The average molecular weight is 326 g/mol. The molecule has 0 aliphatic carbocycles. The molecule has 1 aliphatic heterocycles. The number of halogens is 1. The summed E-state index contributed by atoms with van der Waals surface area (Å²) in [5, 5.41) is 0.696. The highest BCUT2D eigenvalue weighted by Crippen LogP contribution is 2.39. The Hall–Kier alpha value is -2.06. The number of amides is 1. The predicted molar refractivity (Wildman–Crippen MR) is 97.9 cm³/mol. The second-order valence-corrected chi connectivity index (χ2v) is 6.50. The Morgan fingerprint density at radius 1 is 1.17 bits per heavy atom. The third-order valence-corrected chi connectivity index (χ3v) is 4.82. The lowest BCUT2D eigenvalue weighted by atomic mass is 9.94. The summed E-state index contributed by atoms with van der Waals surface area (Å²) >= 11 is 5.94. The molecule has 1 aliphatic rings. The van der Waals surface area contributed by atoms with Crippen molar-refractivity contribution in [1.82, 2.24) is 0 Å². The van der Waals surface area contributed by atoms with Crippen molar-refractivity contribution in [3.05, 3.63) is 64.2 Å². The number of likely N-dealkylation sites (N-methyl/N-ethyl adjacent to an activating group) is 1. The molecule has 1 atom stereocenters. The van der Waals surface area contributed by atoms with Crippen molar-refractivity contribution in [2.75, 3.05) is 11.9 Å². The molecule has 1 heterocycles. The number of hydrogen-bond donors (Lipinski definition) is 0. The van der Waals surface area contributed by atoms with E-state index in [1.165, 1.54) is 5.56 Å². The Morgan fingerprint density at radius 2 is 1.87 bits per heavy atom. The van der Waals surface area contributed by atoms with E-state index in [0.717, 1.165) is 28.8 Å². The van der Waals surface area contributed by atoms with Gasteiger partial charge in [0.05, 0.1) is 5.69 Å². The van der Waals surface area contributed by atoms with Crippen molar-refractivity contribution in [2.45, 2.75) is 26.2 Å². The number of carbonyl (C=O) groups excluding carboxylic acids is 1. The van der Waals surface area contributed by atoms with Gasteiger partial charge in [0.1, 0.15) is 0 Å². The van der Waals surface area contributed by atoms with Crippen LogP contribution in [0.1, 0.15) is 42.9 Å². The minimum Gasteiger partial charge on any atom is -0.311 e. The molecule has 0 radical (unpaired) electrons. The number of anilines is 1. The van der Waals surface area contributed by atoms with Gasteiger partial charge in [-0.2, -0.15) is 0 Å². The van der Waals surface area contributed by atoms with Crippen LogP contribution in [-0.4, -0.2) is 13.0 Å². The Kier molecular flexibility index (Phi) is 4.27. The summed E-state index contributed by atoms with van der Waals surface area (Å²) in [7, 11) is 1.83. The second-order valence-electron chi connectivity index (χ2n) is 6.06. The average Bonchev–Trinajstić information content (AvgIpc) is 2.80. The van der Waals surface area contributed by atoms with Gasteiger partial charge >= 0.3 is 0 Å². The highest BCUT2D eigenvalue weighted by atomic mass is 35.5. The molecule has 3 rings (SSSR count). The lowest BCUT2D eigenvalue weighted by molar-refractivity contribution is -0.112. The molecule has 0 saturated carbocycles. The maximum atomic E-state index is 12.6. The topological polar surface area (TPSA) is 20.3 Å². The monoisotopic (exact) mass is 325 g/mol. The highest BCUT2D eigenvalue weighted by Gasteiger charge is 2.30. The van der Waals surface area contributed by atoms with Gasteiger partial charge in [-0.25, -0.2) is 0 Å². The normalized spacial score (nSPS) is 16.8. The zero-order chi connectivity index (χ0) is 16.6. The van der Waals surface area contributed by atoms with Gasteiger partial charge in [0.2, 0.25) is 0 Å². The molecule has 2 aromatic carbocycles. The molecule has 0 saturated heterocycles. The van der Waals surface area contributed by atoms with Crippen molar-refractivity contribution >= 4 is 34.8 Å². The van der Waals surface area contributed by atoms with E-state index in [9.17, 15) is 4.79 Å². The van der Waals surface area contributed by atoms with Crippen LogP contribution in [0.2, 0.25) is 5.02 Å². The first-order valence-corrected chi connectivity index (χ1v) is 8.28. The van der Waals surface area contributed by atoms with E-state index in [4.69, 9.17) is 11.6 Å². The van der Waals surface area contributed by atoms with Gasteiger partial charge in [-0.1, -0.05) is 43.6 Å². The van der Waals surface area contributed by atoms with Crippen molar-refractivity contribution in [2.24, 2.45) is 0 Å². The number of carbonyl (C=O) groups is 1. The van der Waals surface area contributed by atoms with Crippen molar-refractivity contribution < 1.29 is 4.79 Å². The maximum absolute atomic E-state index is 12.6. The smallest absolute Gasteiger partial charge is 0.258 e. The summed E-state index contributed by atoms with van der Waals surface area (Å²) in [4.78, 5) is 14.3. The standard InChI is InChI=1S/C20H20ClNO/c1-4-13(2)15-7-10-19-17(12-15)18(20(23)22(19)3)11-14-5-8-16(21)9-6-14/h5-13H,4H2,1-3H3/b18-11-. The Morgan fingerprint density at radius 3 is 2.52 bits per heavy atom. The molecule has 0 spiro atoms. The lowest BCUT2D eigenvalue weighted by Gasteiger charge is -2.12. The quantitative estimate of drug-likeness (QED) is 0.695.